The molecule has 1 fully saturated rings. The summed E-state index contributed by atoms with van der Waals surface area (Å²) in [5.41, 5.74) is 2.49. The van der Waals surface area contributed by atoms with Gasteiger partial charge in [0, 0.05) is 44.2 Å². The molecule has 5 nitrogen and oxygen atoms in total. The van der Waals surface area contributed by atoms with Crippen molar-refractivity contribution in [3.05, 3.63) is 45.9 Å². The van der Waals surface area contributed by atoms with E-state index >= 15 is 0 Å². The highest BCUT2D eigenvalue weighted by Crippen LogP contribution is 2.22. The van der Waals surface area contributed by atoms with Crippen molar-refractivity contribution in [2.75, 3.05) is 32.8 Å². The van der Waals surface area contributed by atoms with Gasteiger partial charge in [-0.05, 0) is 37.0 Å². The zero-order valence-corrected chi connectivity index (χ0v) is 18.1. The third kappa shape index (κ3) is 5.77. The molecular weight excluding hydrogens is 370 g/mol. The second kappa shape index (κ2) is 10.3. The fraction of sp³-hybridized carbons (Fsp3) is 0.591. The zero-order valence-electron chi connectivity index (χ0n) is 17.3. The third-order valence-corrected chi connectivity index (χ3v) is 6.14. The molecule has 0 radical (unpaired) electrons. The van der Waals surface area contributed by atoms with Gasteiger partial charge in [0.1, 0.15) is 10.8 Å². The number of ether oxygens (including phenoxy) is 1. The van der Waals surface area contributed by atoms with Crippen LogP contribution in [0.2, 0.25) is 0 Å². The SMILES string of the molecule is CCOc1ccc(CN2CCN(Cc3nc(C(C)C)cs3)C[C@H]2CCO)cc1. The van der Waals surface area contributed by atoms with Gasteiger partial charge in [0.05, 0.1) is 18.8 Å². The first kappa shape index (κ1) is 21.2. The average molecular weight is 404 g/mol. The van der Waals surface area contributed by atoms with E-state index in [1.54, 1.807) is 11.3 Å². The first-order valence-electron chi connectivity index (χ1n) is 10.3. The van der Waals surface area contributed by atoms with Crippen LogP contribution in [0.4, 0.5) is 0 Å². The first-order valence-corrected chi connectivity index (χ1v) is 11.2. The highest BCUT2D eigenvalue weighted by atomic mass is 32.1. The highest BCUT2D eigenvalue weighted by Gasteiger charge is 2.27. The van der Waals surface area contributed by atoms with Crippen LogP contribution in [0.15, 0.2) is 29.6 Å². The molecule has 0 spiro atoms. The van der Waals surface area contributed by atoms with Gasteiger partial charge in [0.15, 0.2) is 0 Å². The summed E-state index contributed by atoms with van der Waals surface area (Å²) in [6.07, 6.45) is 0.808. The van der Waals surface area contributed by atoms with Crippen molar-refractivity contribution >= 4 is 11.3 Å². The van der Waals surface area contributed by atoms with Gasteiger partial charge in [0.25, 0.3) is 0 Å². The monoisotopic (exact) mass is 403 g/mol. The van der Waals surface area contributed by atoms with Gasteiger partial charge in [-0.15, -0.1) is 11.3 Å². The lowest BCUT2D eigenvalue weighted by molar-refractivity contribution is 0.0499. The molecule has 1 aromatic heterocycles. The largest absolute Gasteiger partial charge is 0.494 e. The second-order valence-electron chi connectivity index (χ2n) is 7.77. The van der Waals surface area contributed by atoms with Crippen LogP contribution in [0.3, 0.4) is 0 Å². The maximum absolute atomic E-state index is 9.57. The summed E-state index contributed by atoms with van der Waals surface area (Å²) in [5, 5.41) is 13.0. The molecule has 0 amide bonds. The number of nitrogens with zero attached hydrogens (tertiary/aromatic N) is 3. The molecule has 1 N–H and O–H groups in total. The van der Waals surface area contributed by atoms with Crippen LogP contribution in [-0.2, 0) is 13.1 Å². The Morgan fingerprint density at radius 2 is 2.00 bits per heavy atom. The van der Waals surface area contributed by atoms with E-state index in [1.165, 1.54) is 16.3 Å². The van der Waals surface area contributed by atoms with Crippen LogP contribution in [0.25, 0.3) is 0 Å². The molecule has 154 valence electrons. The molecule has 1 aromatic carbocycles. The van der Waals surface area contributed by atoms with Crippen LogP contribution >= 0.6 is 11.3 Å². The molecule has 28 heavy (non-hydrogen) atoms. The summed E-state index contributed by atoms with van der Waals surface area (Å²) in [6.45, 7) is 12.2. The summed E-state index contributed by atoms with van der Waals surface area (Å²) >= 11 is 1.77. The Hall–Kier alpha value is -1.47. The number of benzene rings is 1. The minimum Gasteiger partial charge on any atom is -0.494 e. The van der Waals surface area contributed by atoms with Crippen LogP contribution in [0.5, 0.6) is 5.75 Å². The van der Waals surface area contributed by atoms with Crippen molar-refractivity contribution in [1.82, 2.24) is 14.8 Å². The quantitative estimate of drug-likeness (QED) is 0.691. The molecule has 0 aliphatic carbocycles. The van der Waals surface area contributed by atoms with E-state index in [0.717, 1.165) is 44.9 Å². The molecule has 2 aromatic rings. The number of aromatic nitrogens is 1. The van der Waals surface area contributed by atoms with Crippen molar-refractivity contribution in [3.8, 4) is 5.75 Å². The van der Waals surface area contributed by atoms with E-state index in [0.29, 0.717) is 18.6 Å². The number of hydrogen-bond acceptors (Lipinski definition) is 6. The van der Waals surface area contributed by atoms with E-state index in [1.807, 2.05) is 19.1 Å². The maximum atomic E-state index is 9.57. The van der Waals surface area contributed by atoms with Crippen LogP contribution in [0.1, 0.15) is 49.4 Å². The van der Waals surface area contributed by atoms with Gasteiger partial charge < -0.3 is 9.84 Å². The number of aliphatic hydroxyl groups excluding tert-OH is 1. The van der Waals surface area contributed by atoms with Crippen LogP contribution < -0.4 is 4.74 Å². The molecule has 2 heterocycles. The van der Waals surface area contributed by atoms with Crippen molar-refractivity contribution in [3.63, 3.8) is 0 Å². The summed E-state index contributed by atoms with van der Waals surface area (Å²) in [6, 6.07) is 8.76. The summed E-state index contributed by atoms with van der Waals surface area (Å²) in [7, 11) is 0. The molecule has 0 saturated carbocycles. The predicted octanol–water partition coefficient (Wildman–Crippen LogP) is 3.73. The topological polar surface area (TPSA) is 48.8 Å². The number of thiazole rings is 1. The van der Waals surface area contributed by atoms with Gasteiger partial charge >= 0.3 is 0 Å². The van der Waals surface area contributed by atoms with Crippen LogP contribution in [0, 0.1) is 0 Å². The molecule has 1 saturated heterocycles. The number of aliphatic hydroxyl groups is 1. The Morgan fingerprint density at radius 1 is 1.21 bits per heavy atom. The van der Waals surface area contributed by atoms with E-state index < -0.39 is 0 Å². The van der Waals surface area contributed by atoms with Crippen LogP contribution in [-0.4, -0.2) is 58.8 Å². The Kier molecular flexibility index (Phi) is 7.85. The van der Waals surface area contributed by atoms with E-state index in [-0.39, 0.29) is 6.61 Å². The summed E-state index contributed by atoms with van der Waals surface area (Å²) < 4.78 is 5.54. The lowest BCUT2D eigenvalue weighted by Crippen LogP contribution is -2.52. The Labute approximate surface area is 173 Å². The van der Waals surface area contributed by atoms with Gasteiger partial charge in [-0.3, -0.25) is 9.80 Å². The average Bonchev–Trinajstić information content (AvgIpc) is 3.15. The summed E-state index contributed by atoms with van der Waals surface area (Å²) in [5.74, 6) is 1.41. The lowest BCUT2D eigenvalue weighted by Gasteiger charge is -2.41. The maximum Gasteiger partial charge on any atom is 0.119 e. The van der Waals surface area contributed by atoms with Gasteiger partial charge in [0.2, 0.25) is 0 Å². The Bertz CT molecular complexity index is 717. The molecule has 1 atom stereocenters. The van der Waals surface area contributed by atoms with E-state index in [2.05, 4.69) is 41.2 Å². The molecule has 3 rings (SSSR count). The molecule has 1 aliphatic rings. The standard InChI is InChI=1S/C22H33N3O2S/c1-4-27-20-7-5-18(6-8-20)13-25-11-10-24(14-19(25)9-12-26)15-22-23-21(16-28-22)17(2)3/h5-8,16-17,19,26H,4,9-15H2,1-3H3/t19-/m1/s1. The van der Waals surface area contributed by atoms with Crippen molar-refractivity contribution in [2.24, 2.45) is 0 Å². The highest BCUT2D eigenvalue weighted by molar-refractivity contribution is 7.09. The van der Waals surface area contributed by atoms with Crippen molar-refractivity contribution in [2.45, 2.75) is 52.2 Å². The van der Waals surface area contributed by atoms with Crippen molar-refractivity contribution in [1.29, 1.82) is 0 Å². The second-order valence-corrected chi connectivity index (χ2v) is 8.71. The van der Waals surface area contributed by atoms with E-state index in [4.69, 9.17) is 9.72 Å². The fourth-order valence-electron chi connectivity index (χ4n) is 3.68. The molecule has 6 heteroatoms. The first-order chi connectivity index (χ1) is 13.6. The van der Waals surface area contributed by atoms with Gasteiger partial charge in [-0.2, -0.15) is 0 Å². The minimum absolute atomic E-state index is 0.229. The van der Waals surface area contributed by atoms with Gasteiger partial charge in [-0.1, -0.05) is 26.0 Å². The third-order valence-electron chi connectivity index (χ3n) is 5.29. The lowest BCUT2D eigenvalue weighted by atomic mass is 10.1. The number of piperazine rings is 1. The normalized spacial score (nSPS) is 18.7. The molecule has 1 aliphatic heterocycles. The minimum atomic E-state index is 0.229. The molecular formula is C22H33N3O2S. The molecule has 0 bridgehead atoms. The molecule has 0 unspecified atom stereocenters. The smallest absolute Gasteiger partial charge is 0.119 e. The Morgan fingerprint density at radius 3 is 2.64 bits per heavy atom. The fourth-order valence-corrected chi connectivity index (χ4v) is 4.68. The number of hydrogen-bond donors (Lipinski definition) is 1. The van der Waals surface area contributed by atoms with E-state index in [9.17, 15) is 5.11 Å². The predicted molar refractivity (Wildman–Crippen MR) is 115 cm³/mol. The number of rotatable bonds is 9. The Balaban J connectivity index is 1.58. The van der Waals surface area contributed by atoms with Gasteiger partial charge in [-0.25, -0.2) is 4.98 Å². The summed E-state index contributed by atoms with van der Waals surface area (Å²) in [4.78, 5) is 9.77. The zero-order chi connectivity index (χ0) is 19.9. The van der Waals surface area contributed by atoms with Crippen molar-refractivity contribution < 1.29 is 9.84 Å².